The Kier molecular flexibility index (Phi) is 8.94. The van der Waals surface area contributed by atoms with Crippen LogP contribution in [0.4, 0.5) is 10.5 Å². The zero-order chi connectivity index (χ0) is 26.4. The monoisotopic (exact) mass is 514 g/mol. The average molecular weight is 515 g/mol. The van der Waals surface area contributed by atoms with Crippen LogP contribution in [0.15, 0.2) is 24.3 Å². The molecule has 2 aliphatic heterocycles. The Morgan fingerprint density at radius 2 is 1.81 bits per heavy atom. The molecule has 2 saturated heterocycles. The first-order chi connectivity index (χ1) is 17.8. The van der Waals surface area contributed by atoms with Crippen molar-refractivity contribution in [3.8, 4) is 0 Å². The van der Waals surface area contributed by atoms with Gasteiger partial charge < -0.3 is 10.2 Å². The molecule has 3 atom stereocenters. The van der Waals surface area contributed by atoms with Crippen molar-refractivity contribution in [2.45, 2.75) is 57.9 Å². The standard InChI is InChI=1S/C27H39N5O5/c1-20-5-4-16-32(20,26(35)23(18-31(37)19-33)17-21-6-2-3-7-21)27(36)29-25(34)22-8-10-24(11-9-22)30-14-12-28-13-15-30/h8-11,19-21,23,28,37H,2-7,12-18H2,1H3/p+1/t20-,23-,32?/m1/s1. The molecule has 0 spiro atoms. The predicted molar refractivity (Wildman–Crippen MR) is 138 cm³/mol. The van der Waals surface area contributed by atoms with Crippen molar-refractivity contribution in [2.24, 2.45) is 11.8 Å². The number of quaternary nitrogens is 1. The van der Waals surface area contributed by atoms with E-state index in [1.807, 2.05) is 19.1 Å². The van der Waals surface area contributed by atoms with Gasteiger partial charge >= 0.3 is 11.9 Å². The molecule has 1 aromatic carbocycles. The summed E-state index contributed by atoms with van der Waals surface area (Å²) in [7, 11) is 0. The Hall–Kier alpha value is -2.82. The number of carbonyl (C=O) groups is 4. The van der Waals surface area contributed by atoms with E-state index in [1.165, 1.54) is 0 Å². The van der Waals surface area contributed by atoms with Crippen LogP contribution in [0.25, 0.3) is 0 Å². The molecule has 202 valence electrons. The highest BCUT2D eigenvalue weighted by Gasteiger charge is 2.55. The minimum absolute atomic E-state index is 0.153. The molecule has 1 aliphatic carbocycles. The first-order valence-corrected chi connectivity index (χ1v) is 13.6. The van der Waals surface area contributed by atoms with Gasteiger partial charge in [-0.3, -0.25) is 14.8 Å². The van der Waals surface area contributed by atoms with E-state index in [0.29, 0.717) is 48.8 Å². The van der Waals surface area contributed by atoms with Gasteiger partial charge in [0.1, 0.15) is 6.04 Å². The summed E-state index contributed by atoms with van der Waals surface area (Å²) >= 11 is 0. The zero-order valence-corrected chi connectivity index (χ0v) is 21.7. The highest BCUT2D eigenvalue weighted by molar-refractivity contribution is 6.04. The number of nitrogens with one attached hydrogen (secondary N) is 2. The summed E-state index contributed by atoms with van der Waals surface area (Å²) in [5.74, 6) is -1.22. The Morgan fingerprint density at radius 1 is 1.14 bits per heavy atom. The second-order valence-electron chi connectivity index (χ2n) is 10.8. The molecule has 3 aliphatic rings. The number of urea groups is 1. The molecule has 10 nitrogen and oxygen atoms in total. The number of carbonyl (C=O) groups excluding carboxylic acids is 4. The molecule has 1 aromatic rings. The topological polar surface area (TPSA) is 119 Å². The quantitative estimate of drug-likeness (QED) is 0.211. The summed E-state index contributed by atoms with van der Waals surface area (Å²) in [5, 5.41) is 16.3. The number of hydrogen-bond acceptors (Lipinski definition) is 7. The fraction of sp³-hybridized carbons (Fsp3) is 0.630. The molecule has 3 fully saturated rings. The molecule has 1 saturated carbocycles. The van der Waals surface area contributed by atoms with Crippen LogP contribution in [0.5, 0.6) is 0 Å². The first kappa shape index (κ1) is 27.2. The van der Waals surface area contributed by atoms with Crippen molar-refractivity contribution in [1.29, 1.82) is 0 Å². The average Bonchev–Trinajstić information content (AvgIpc) is 3.58. The highest BCUT2D eigenvalue weighted by Crippen LogP contribution is 2.36. The number of piperazine rings is 1. The van der Waals surface area contributed by atoms with Crippen LogP contribution in [-0.4, -0.2) is 84.3 Å². The van der Waals surface area contributed by atoms with Gasteiger partial charge in [0.25, 0.3) is 5.91 Å². The van der Waals surface area contributed by atoms with E-state index in [1.54, 1.807) is 12.1 Å². The van der Waals surface area contributed by atoms with Crippen molar-refractivity contribution < 1.29 is 28.9 Å². The minimum atomic E-state index is -0.682. The van der Waals surface area contributed by atoms with Crippen molar-refractivity contribution in [3.63, 3.8) is 0 Å². The van der Waals surface area contributed by atoms with Gasteiger partial charge in [0.2, 0.25) is 6.41 Å². The van der Waals surface area contributed by atoms with Crippen LogP contribution in [-0.2, 0) is 9.59 Å². The molecule has 0 radical (unpaired) electrons. The second-order valence-corrected chi connectivity index (χ2v) is 10.8. The van der Waals surface area contributed by atoms with Gasteiger partial charge in [0.05, 0.1) is 19.0 Å². The summed E-state index contributed by atoms with van der Waals surface area (Å²) in [6.45, 7) is 5.61. The summed E-state index contributed by atoms with van der Waals surface area (Å²) in [5.41, 5.74) is 1.38. The van der Waals surface area contributed by atoms with Gasteiger partial charge in [-0.1, -0.05) is 25.7 Å². The molecular weight excluding hydrogens is 474 g/mol. The number of hydrogen-bond donors (Lipinski definition) is 3. The number of imide groups is 2. The molecule has 1 unspecified atom stereocenters. The summed E-state index contributed by atoms with van der Waals surface area (Å²) in [6, 6.07) is 6.24. The van der Waals surface area contributed by atoms with Gasteiger partial charge in [0, 0.05) is 50.3 Å². The number of anilines is 1. The molecule has 0 aromatic heterocycles. The maximum Gasteiger partial charge on any atom is 0.431 e. The molecule has 0 bridgehead atoms. The van der Waals surface area contributed by atoms with E-state index in [-0.39, 0.29) is 18.5 Å². The lowest BCUT2D eigenvalue weighted by molar-refractivity contribution is -0.786. The lowest BCUT2D eigenvalue weighted by atomic mass is 9.91. The molecule has 4 rings (SSSR count). The van der Waals surface area contributed by atoms with Crippen LogP contribution >= 0.6 is 0 Å². The molecule has 3 N–H and O–H groups in total. The van der Waals surface area contributed by atoms with Crippen molar-refractivity contribution in [2.75, 3.05) is 44.2 Å². The van der Waals surface area contributed by atoms with Crippen LogP contribution in [0.1, 0.15) is 62.2 Å². The number of amides is 5. The summed E-state index contributed by atoms with van der Waals surface area (Å²) in [6.07, 6.45) is 6.37. The largest absolute Gasteiger partial charge is 0.431 e. The fourth-order valence-electron chi connectivity index (χ4n) is 6.32. The van der Waals surface area contributed by atoms with Crippen molar-refractivity contribution in [1.82, 2.24) is 15.7 Å². The van der Waals surface area contributed by atoms with Crippen molar-refractivity contribution >= 4 is 29.9 Å². The molecule has 37 heavy (non-hydrogen) atoms. The number of benzene rings is 1. The number of nitrogens with zero attached hydrogens (tertiary/aromatic N) is 3. The van der Waals surface area contributed by atoms with E-state index >= 15 is 0 Å². The lowest BCUT2D eigenvalue weighted by Gasteiger charge is -2.36. The third kappa shape index (κ3) is 6.02. The molecule has 5 amide bonds. The van der Waals surface area contributed by atoms with E-state index in [4.69, 9.17) is 0 Å². The summed E-state index contributed by atoms with van der Waals surface area (Å²) < 4.78 is -0.477. The highest BCUT2D eigenvalue weighted by atomic mass is 16.5. The Morgan fingerprint density at radius 3 is 2.41 bits per heavy atom. The predicted octanol–water partition coefficient (Wildman–Crippen LogP) is 2.52. The maximum atomic E-state index is 14.0. The first-order valence-electron chi connectivity index (χ1n) is 13.6. The van der Waals surface area contributed by atoms with Crippen LogP contribution < -0.4 is 15.5 Å². The third-order valence-corrected chi connectivity index (χ3v) is 8.44. The van der Waals surface area contributed by atoms with Crippen LogP contribution in [0.2, 0.25) is 0 Å². The van der Waals surface area contributed by atoms with Crippen LogP contribution in [0.3, 0.4) is 0 Å². The summed E-state index contributed by atoms with van der Waals surface area (Å²) in [4.78, 5) is 54.2. The smallest absolute Gasteiger partial charge is 0.369 e. The SMILES string of the molecule is C[C@@H]1CCC[N+]1(C(=O)NC(=O)c1ccc(N2CCNCC2)cc1)C(=O)[C@H](CC1CCCC1)CN(O)C=O. The van der Waals surface area contributed by atoms with Crippen molar-refractivity contribution in [3.05, 3.63) is 29.8 Å². The third-order valence-electron chi connectivity index (χ3n) is 8.44. The van der Waals surface area contributed by atoms with Gasteiger partial charge in [-0.15, -0.1) is 0 Å². The Balaban J connectivity index is 1.50. The van der Waals surface area contributed by atoms with E-state index in [0.717, 1.165) is 57.5 Å². The normalized spacial score (nSPS) is 25.0. The fourth-order valence-corrected chi connectivity index (χ4v) is 6.32. The van der Waals surface area contributed by atoms with Gasteiger partial charge in [-0.2, -0.15) is 4.48 Å². The Bertz CT molecular complexity index is 974. The number of rotatable bonds is 8. The minimum Gasteiger partial charge on any atom is -0.369 e. The van der Waals surface area contributed by atoms with Gasteiger partial charge in [0.15, 0.2) is 0 Å². The maximum absolute atomic E-state index is 14.0. The number of hydroxylamine groups is 2. The van der Waals surface area contributed by atoms with Crippen LogP contribution in [0, 0.1) is 11.8 Å². The zero-order valence-electron chi connectivity index (χ0n) is 21.7. The molecular formula is C27H40N5O5+. The second kappa shape index (κ2) is 12.1. The number of likely N-dealkylation sites (tertiary alicyclic amines) is 1. The van der Waals surface area contributed by atoms with Gasteiger partial charge in [-0.05, 0) is 43.5 Å². The lowest BCUT2D eigenvalue weighted by Crippen LogP contribution is -2.65. The van der Waals surface area contributed by atoms with E-state index in [9.17, 15) is 24.4 Å². The molecule has 10 heteroatoms. The van der Waals surface area contributed by atoms with Gasteiger partial charge in [-0.25, -0.2) is 20.0 Å². The van der Waals surface area contributed by atoms with E-state index < -0.39 is 22.3 Å². The van der Waals surface area contributed by atoms with E-state index in [2.05, 4.69) is 15.5 Å². The molecule has 2 heterocycles. The Labute approximate surface area is 218 Å².